The van der Waals surface area contributed by atoms with Crippen molar-refractivity contribution in [2.45, 2.75) is 69.7 Å². The Morgan fingerprint density at radius 3 is 2.05 bits per heavy atom. The van der Waals surface area contributed by atoms with Crippen LogP contribution in [0.1, 0.15) is 66.1 Å². The highest BCUT2D eigenvalue weighted by molar-refractivity contribution is 5.76. The number of hydrogen-bond acceptors (Lipinski definition) is 3. The van der Waals surface area contributed by atoms with E-state index in [2.05, 4.69) is 4.90 Å². The van der Waals surface area contributed by atoms with Crippen molar-refractivity contribution in [1.29, 1.82) is 0 Å². The minimum Gasteiger partial charge on any atom is -0.393 e. The van der Waals surface area contributed by atoms with E-state index < -0.39 is 53.5 Å². The van der Waals surface area contributed by atoms with E-state index in [-0.39, 0.29) is 24.2 Å². The molecule has 2 unspecified atom stereocenters. The standard InChI is InChI=1S/C28H32F7N3O2/c1-16-12-21(29)4-5-23(16)25-24(37-9-6-22(39)7-10-37)8-11-38(25)26(40)36(3)17(2)18-13-19(27(30,31)32)15-20(14-18)28(33,34)35/h4-5,12-15,17,22,24-25,39H,6-11H2,1-3H3/t17-,24?,25?/m0/s1. The number of halogens is 7. The molecule has 2 aromatic carbocycles. The van der Waals surface area contributed by atoms with Gasteiger partial charge in [0.2, 0.25) is 0 Å². The summed E-state index contributed by atoms with van der Waals surface area (Å²) in [5.74, 6) is -0.439. The molecule has 0 bridgehead atoms. The molecule has 1 N–H and O–H groups in total. The van der Waals surface area contributed by atoms with Crippen LogP contribution in [-0.4, -0.2) is 64.7 Å². The number of rotatable bonds is 4. The number of aryl methyl sites for hydroxylation is 1. The molecule has 5 nitrogen and oxygen atoms in total. The van der Waals surface area contributed by atoms with Crippen LogP contribution in [0, 0.1) is 12.7 Å². The van der Waals surface area contributed by atoms with Crippen molar-refractivity contribution in [3.8, 4) is 0 Å². The van der Waals surface area contributed by atoms with E-state index in [9.17, 15) is 40.6 Å². The second-order valence-corrected chi connectivity index (χ2v) is 10.7. The van der Waals surface area contributed by atoms with Crippen LogP contribution >= 0.6 is 0 Å². The van der Waals surface area contributed by atoms with Crippen LogP contribution < -0.4 is 0 Å². The van der Waals surface area contributed by atoms with Crippen molar-refractivity contribution in [1.82, 2.24) is 14.7 Å². The quantitative estimate of drug-likeness (QED) is 0.421. The number of aliphatic hydroxyl groups excluding tert-OH is 1. The number of carbonyl (C=O) groups excluding carboxylic acids is 1. The molecule has 0 radical (unpaired) electrons. The van der Waals surface area contributed by atoms with Crippen LogP contribution in [0.4, 0.5) is 35.5 Å². The molecule has 2 aliphatic rings. The molecule has 0 aromatic heterocycles. The van der Waals surface area contributed by atoms with Gasteiger partial charge >= 0.3 is 18.4 Å². The Labute approximate surface area is 228 Å². The first kappa shape index (κ1) is 30.1. The fraction of sp³-hybridized carbons (Fsp3) is 0.536. The highest BCUT2D eigenvalue weighted by Gasteiger charge is 2.44. The maximum atomic E-state index is 14.0. The number of hydrogen-bond donors (Lipinski definition) is 1. The molecule has 40 heavy (non-hydrogen) atoms. The summed E-state index contributed by atoms with van der Waals surface area (Å²) in [6.07, 6.45) is -8.74. The molecular weight excluding hydrogens is 543 g/mol. The van der Waals surface area contributed by atoms with E-state index >= 15 is 0 Å². The van der Waals surface area contributed by atoms with Crippen molar-refractivity contribution in [2.24, 2.45) is 0 Å². The van der Waals surface area contributed by atoms with Crippen LogP contribution in [0.15, 0.2) is 36.4 Å². The summed E-state index contributed by atoms with van der Waals surface area (Å²) in [4.78, 5) is 18.7. The Bertz CT molecular complexity index is 1190. The SMILES string of the molecule is Cc1cc(F)ccc1C1C(N2CCC(O)CC2)CCN1C(=O)N(C)[C@@H](C)c1cc(C(F)(F)F)cc(C(F)(F)F)c1. The summed E-state index contributed by atoms with van der Waals surface area (Å²) < 4.78 is 94.7. The van der Waals surface area contributed by atoms with E-state index in [1.54, 1.807) is 17.9 Å². The van der Waals surface area contributed by atoms with Gasteiger partial charge in [-0.1, -0.05) is 6.07 Å². The molecule has 2 fully saturated rings. The molecule has 4 rings (SSSR count). The minimum absolute atomic E-state index is 0.0615. The third-order valence-electron chi connectivity index (χ3n) is 8.11. The zero-order valence-corrected chi connectivity index (χ0v) is 22.4. The van der Waals surface area contributed by atoms with Gasteiger partial charge in [-0.05, 0) is 80.1 Å². The molecule has 0 saturated carbocycles. The molecular formula is C28H32F7N3O2. The van der Waals surface area contributed by atoms with Gasteiger partial charge in [0.1, 0.15) is 5.82 Å². The lowest BCUT2D eigenvalue weighted by molar-refractivity contribution is -0.143. The van der Waals surface area contributed by atoms with Gasteiger partial charge in [0.05, 0.1) is 29.3 Å². The molecule has 2 saturated heterocycles. The lowest BCUT2D eigenvalue weighted by Crippen LogP contribution is -2.48. The minimum atomic E-state index is -5.01. The Morgan fingerprint density at radius 2 is 1.52 bits per heavy atom. The van der Waals surface area contributed by atoms with Gasteiger partial charge in [0.25, 0.3) is 0 Å². The van der Waals surface area contributed by atoms with Crippen LogP contribution in [0.25, 0.3) is 0 Å². The summed E-state index contributed by atoms with van der Waals surface area (Å²) in [6, 6.07) is 3.25. The van der Waals surface area contributed by atoms with E-state index in [1.165, 1.54) is 26.1 Å². The van der Waals surface area contributed by atoms with Crippen LogP contribution in [-0.2, 0) is 12.4 Å². The van der Waals surface area contributed by atoms with E-state index in [0.29, 0.717) is 55.6 Å². The number of carbonyl (C=O) groups is 1. The van der Waals surface area contributed by atoms with Gasteiger partial charge < -0.3 is 14.9 Å². The second-order valence-electron chi connectivity index (χ2n) is 10.7. The van der Waals surface area contributed by atoms with Crippen molar-refractivity contribution in [3.63, 3.8) is 0 Å². The molecule has 3 atom stereocenters. The second kappa shape index (κ2) is 11.2. The summed E-state index contributed by atoms with van der Waals surface area (Å²) in [7, 11) is 1.35. The van der Waals surface area contributed by atoms with Crippen LogP contribution in [0.2, 0.25) is 0 Å². The Morgan fingerprint density at radius 1 is 0.950 bits per heavy atom. The van der Waals surface area contributed by atoms with Gasteiger partial charge in [0, 0.05) is 32.7 Å². The summed E-state index contributed by atoms with van der Waals surface area (Å²) in [5, 5.41) is 9.97. The predicted molar refractivity (Wildman–Crippen MR) is 134 cm³/mol. The number of benzene rings is 2. The number of alkyl halides is 6. The first-order valence-electron chi connectivity index (χ1n) is 13.1. The summed E-state index contributed by atoms with van der Waals surface area (Å²) in [6.45, 7) is 4.59. The van der Waals surface area contributed by atoms with Crippen molar-refractivity contribution in [2.75, 3.05) is 26.7 Å². The zero-order chi connectivity index (χ0) is 29.6. The number of likely N-dealkylation sites (tertiary alicyclic amines) is 2. The first-order chi connectivity index (χ1) is 18.6. The topological polar surface area (TPSA) is 47.0 Å². The Balaban J connectivity index is 1.67. The monoisotopic (exact) mass is 575 g/mol. The largest absolute Gasteiger partial charge is 0.416 e. The summed E-state index contributed by atoms with van der Waals surface area (Å²) >= 11 is 0. The lowest BCUT2D eigenvalue weighted by Gasteiger charge is -2.40. The van der Waals surface area contributed by atoms with Gasteiger partial charge in [-0.2, -0.15) is 26.3 Å². The zero-order valence-electron chi connectivity index (χ0n) is 22.4. The normalized spacial score (nSPS) is 22.0. The molecule has 0 aliphatic carbocycles. The fourth-order valence-electron chi connectivity index (χ4n) is 5.75. The average molecular weight is 576 g/mol. The maximum absolute atomic E-state index is 14.0. The van der Waals surface area contributed by atoms with Gasteiger partial charge in [0.15, 0.2) is 0 Å². The van der Waals surface area contributed by atoms with E-state index in [1.807, 2.05) is 0 Å². The Hall–Kier alpha value is -2.86. The van der Waals surface area contributed by atoms with Crippen molar-refractivity contribution < 1.29 is 40.6 Å². The molecule has 2 aliphatic heterocycles. The average Bonchev–Trinajstić information content (AvgIpc) is 3.31. The third-order valence-corrected chi connectivity index (χ3v) is 8.11. The lowest BCUT2D eigenvalue weighted by atomic mass is 9.93. The van der Waals surface area contributed by atoms with Crippen molar-refractivity contribution >= 4 is 6.03 Å². The predicted octanol–water partition coefficient (Wildman–Crippen LogP) is 6.56. The van der Waals surface area contributed by atoms with E-state index in [4.69, 9.17) is 0 Å². The van der Waals surface area contributed by atoms with Gasteiger partial charge in [-0.3, -0.25) is 4.90 Å². The highest BCUT2D eigenvalue weighted by atomic mass is 19.4. The number of aliphatic hydroxyl groups is 1. The van der Waals surface area contributed by atoms with Gasteiger partial charge in [-0.15, -0.1) is 0 Å². The molecule has 0 spiro atoms. The number of nitrogens with zero attached hydrogens (tertiary/aromatic N) is 3. The molecule has 2 aromatic rings. The number of amides is 2. The van der Waals surface area contributed by atoms with Crippen molar-refractivity contribution in [3.05, 3.63) is 70.0 Å². The molecule has 2 heterocycles. The fourth-order valence-corrected chi connectivity index (χ4v) is 5.75. The van der Waals surface area contributed by atoms with E-state index in [0.717, 1.165) is 4.90 Å². The summed E-state index contributed by atoms with van der Waals surface area (Å²) in [5.41, 5.74) is -1.86. The smallest absolute Gasteiger partial charge is 0.393 e. The first-order valence-corrected chi connectivity index (χ1v) is 13.1. The number of piperidine rings is 1. The highest BCUT2D eigenvalue weighted by Crippen LogP contribution is 2.41. The van der Waals surface area contributed by atoms with Crippen LogP contribution in [0.3, 0.4) is 0 Å². The third kappa shape index (κ3) is 6.22. The molecule has 220 valence electrons. The van der Waals surface area contributed by atoms with Crippen LogP contribution in [0.5, 0.6) is 0 Å². The Kier molecular flexibility index (Phi) is 8.43. The number of urea groups is 1. The molecule has 12 heteroatoms. The maximum Gasteiger partial charge on any atom is 0.416 e. The molecule has 2 amide bonds. The van der Waals surface area contributed by atoms with Gasteiger partial charge in [-0.25, -0.2) is 9.18 Å².